The molecule has 5 rings (SSSR count). The van der Waals surface area contributed by atoms with Crippen molar-refractivity contribution in [2.75, 3.05) is 43.4 Å². The topological polar surface area (TPSA) is 87.7 Å². The van der Waals surface area contributed by atoms with Gasteiger partial charge in [-0.25, -0.2) is 4.39 Å². The highest BCUT2D eigenvalue weighted by molar-refractivity contribution is 5.95. The van der Waals surface area contributed by atoms with Gasteiger partial charge in [-0.3, -0.25) is 4.90 Å². The number of aromatic nitrogens is 2. The highest BCUT2D eigenvalue weighted by atomic mass is 19.1. The van der Waals surface area contributed by atoms with Crippen LogP contribution in [-0.2, 0) is 13.0 Å². The van der Waals surface area contributed by atoms with E-state index in [9.17, 15) is 9.50 Å². The number of benzene rings is 2. The number of rotatable bonds is 5. The van der Waals surface area contributed by atoms with Crippen LogP contribution < -0.4 is 15.4 Å². The lowest BCUT2D eigenvalue weighted by atomic mass is 10.0. The molecule has 0 saturated carbocycles. The van der Waals surface area contributed by atoms with Gasteiger partial charge in [-0.15, -0.1) is 0 Å². The molecule has 7 nitrogen and oxygen atoms in total. The summed E-state index contributed by atoms with van der Waals surface area (Å²) >= 11 is 0. The van der Waals surface area contributed by atoms with E-state index in [1.807, 2.05) is 18.2 Å². The summed E-state index contributed by atoms with van der Waals surface area (Å²) in [6.07, 6.45) is 1.27. The number of nitrogens with zero attached hydrogens (tertiary/aromatic N) is 4. The Labute approximate surface area is 186 Å². The first-order chi connectivity index (χ1) is 15.4. The van der Waals surface area contributed by atoms with E-state index < -0.39 is 5.67 Å². The third kappa shape index (κ3) is 4.14. The molecular weight excluding hydrogens is 409 g/mol. The van der Waals surface area contributed by atoms with Crippen molar-refractivity contribution in [3.05, 3.63) is 47.7 Å². The predicted octanol–water partition coefficient (Wildman–Crippen LogP) is 3.29. The molecule has 0 radical (unpaired) electrons. The second-order valence-electron chi connectivity index (χ2n) is 8.96. The maximum Gasteiger partial charge on any atom is 0.318 e. The Hall–Kier alpha value is -3.13. The van der Waals surface area contributed by atoms with E-state index in [0.717, 1.165) is 40.8 Å². The van der Waals surface area contributed by atoms with Crippen molar-refractivity contribution in [2.24, 2.45) is 0 Å². The van der Waals surface area contributed by atoms with Gasteiger partial charge in [-0.05, 0) is 31.2 Å². The number of likely N-dealkylation sites (tertiary alicyclic amines) is 1. The third-order valence-corrected chi connectivity index (χ3v) is 6.38. The quantitative estimate of drug-likeness (QED) is 0.633. The number of anilines is 2. The van der Waals surface area contributed by atoms with Crippen LogP contribution in [0.5, 0.6) is 11.8 Å². The molecule has 0 amide bonds. The van der Waals surface area contributed by atoms with Crippen LogP contribution in [0.1, 0.15) is 24.6 Å². The molecule has 1 atom stereocenters. The Balaban J connectivity index is 1.33. The number of nitrogen functional groups attached to an aromatic ring is 1. The van der Waals surface area contributed by atoms with Gasteiger partial charge in [-0.1, -0.05) is 24.3 Å². The zero-order valence-electron chi connectivity index (χ0n) is 18.2. The van der Waals surface area contributed by atoms with Gasteiger partial charge in [0.15, 0.2) is 0 Å². The van der Waals surface area contributed by atoms with E-state index in [1.165, 1.54) is 0 Å². The summed E-state index contributed by atoms with van der Waals surface area (Å²) in [5, 5.41) is 12.3. The fraction of sp³-hybridized carbons (Fsp3) is 0.417. The molecule has 2 aliphatic rings. The lowest BCUT2D eigenvalue weighted by Crippen LogP contribution is -2.32. The fourth-order valence-corrected chi connectivity index (χ4v) is 4.72. The number of aromatic hydroxyl groups is 1. The van der Waals surface area contributed by atoms with E-state index in [1.54, 1.807) is 19.1 Å². The summed E-state index contributed by atoms with van der Waals surface area (Å²) < 4.78 is 19.8. The average Bonchev–Trinajstić information content (AvgIpc) is 3.11. The maximum atomic E-state index is 14.0. The fourth-order valence-electron chi connectivity index (χ4n) is 4.72. The molecule has 1 saturated heterocycles. The van der Waals surface area contributed by atoms with Gasteiger partial charge in [0.1, 0.15) is 23.8 Å². The lowest BCUT2D eigenvalue weighted by Gasteiger charge is -2.31. The number of hydrogen-bond acceptors (Lipinski definition) is 7. The molecular formula is C24H28FN5O2. The van der Waals surface area contributed by atoms with Gasteiger partial charge in [0.25, 0.3) is 0 Å². The summed E-state index contributed by atoms with van der Waals surface area (Å²) in [6.45, 7) is 5.12. The van der Waals surface area contributed by atoms with Crippen LogP contribution in [0.2, 0.25) is 0 Å². The largest absolute Gasteiger partial charge is 0.508 e. The zero-order valence-corrected chi connectivity index (χ0v) is 18.2. The van der Waals surface area contributed by atoms with E-state index in [0.29, 0.717) is 44.9 Å². The highest BCUT2D eigenvalue weighted by Gasteiger charge is 2.33. The monoisotopic (exact) mass is 437 g/mol. The van der Waals surface area contributed by atoms with Crippen molar-refractivity contribution >= 4 is 22.3 Å². The van der Waals surface area contributed by atoms with Crippen LogP contribution in [0.4, 0.5) is 15.9 Å². The number of ether oxygens (including phenoxy) is 1. The molecule has 0 bridgehead atoms. The molecule has 3 aromatic rings. The summed E-state index contributed by atoms with van der Waals surface area (Å²) in [6, 6.07) is 11.8. The van der Waals surface area contributed by atoms with Gasteiger partial charge >= 0.3 is 6.01 Å². The van der Waals surface area contributed by atoms with Gasteiger partial charge in [0, 0.05) is 48.9 Å². The maximum absolute atomic E-state index is 14.0. The van der Waals surface area contributed by atoms with Crippen LogP contribution >= 0.6 is 0 Å². The molecule has 1 fully saturated rings. The molecule has 1 aromatic heterocycles. The minimum atomic E-state index is -1.12. The molecule has 2 aliphatic heterocycles. The van der Waals surface area contributed by atoms with E-state index >= 15 is 0 Å². The summed E-state index contributed by atoms with van der Waals surface area (Å²) in [7, 11) is 0. The minimum absolute atomic E-state index is 0.238. The Bertz CT molecular complexity index is 1150. The molecule has 168 valence electrons. The van der Waals surface area contributed by atoms with Crippen molar-refractivity contribution in [2.45, 2.75) is 32.0 Å². The smallest absolute Gasteiger partial charge is 0.318 e. The molecule has 0 spiro atoms. The molecule has 3 heterocycles. The van der Waals surface area contributed by atoms with Crippen LogP contribution in [0, 0.1) is 0 Å². The Morgan fingerprint density at radius 3 is 2.88 bits per heavy atom. The minimum Gasteiger partial charge on any atom is -0.508 e. The van der Waals surface area contributed by atoms with Crippen molar-refractivity contribution in [3.63, 3.8) is 0 Å². The Morgan fingerprint density at radius 2 is 2.06 bits per heavy atom. The third-order valence-electron chi connectivity index (χ3n) is 6.38. The van der Waals surface area contributed by atoms with Crippen molar-refractivity contribution in [1.82, 2.24) is 14.9 Å². The van der Waals surface area contributed by atoms with Crippen LogP contribution in [0.15, 0.2) is 36.4 Å². The number of fused-ring (bicyclic) bond motifs is 2. The van der Waals surface area contributed by atoms with Crippen molar-refractivity contribution in [1.29, 1.82) is 0 Å². The number of hydrogen-bond donors (Lipinski definition) is 2. The molecule has 8 heteroatoms. The van der Waals surface area contributed by atoms with Gasteiger partial charge in [0.2, 0.25) is 0 Å². The van der Waals surface area contributed by atoms with Crippen LogP contribution in [0.25, 0.3) is 10.8 Å². The number of halogens is 1. The molecule has 1 unspecified atom stereocenters. The average molecular weight is 438 g/mol. The molecule has 32 heavy (non-hydrogen) atoms. The standard InChI is InChI=1S/C24H28FN5O2/c1-24(25)7-9-29(15-24)10-11-32-23-27-20-14-30(8-6-19(20)22(26)28-23)21-13-17(31)12-16-4-2-3-5-18(16)21/h2-5,12-13,31H,6-11,14-15H2,1H3,(H2,26,27,28). The van der Waals surface area contributed by atoms with E-state index in [2.05, 4.69) is 25.8 Å². The second-order valence-corrected chi connectivity index (χ2v) is 8.96. The number of alkyl halides is 1. The predicted molar refractivity (Wildman–Crippen MR) is 123 cm³/mol. The SMILES string of the molecule is CC1(F)CCN(CCOc2nc(N)c3c(n2)CN(c2cc(O)cc4ccccc24)CC3)C1. The number of phenols is 1. The van der Waals surface area contributed by atoms with E-state index in [4.69, 9.17) is 10.5 Å². The van der Waals surface area contributed by atoms with Gasteiger partial charge < -0.3 is 20.5 Å². The summed E-state index contributed by atoms with van der Waals surface area (Å²) in [5.41, 5.74) is 7.86. The van der Waals surface area contributed by atoms with E-state index in [-0.39, 0.29) is 11.8 Å². The number of phenolic OH excluding ortho intramolecular Hbond substituents is 1. The van der Waals surface area contributed by atoms with Gasteiger partial charge in [0.05, 0.1) is 12.2 Å². The van der Waals surface area contributed by atoms with Crippen molar-refractivity contribution in [3.8, 4) is 11.8 Å². The summed E-state index contributed by atoms with van der Waals surface area (Å²) in [4.78, 5) is 13.2. The Morgan fingerprint density at radius 1 is 1.22 bits per heavy atom. The van der Waals surface area contributed by atoms with Gasteiger partial charge in [-0.2, -0.15) is 9.97 Å². The molecule has 3 N–H and O–H groups in total. The molecule has 0 aliphatic carbocycles. The van der Waals surface area contributed by atoms with Crippen LogP contribution in [-0.4, -0.2) is 58.4 Å². The highest BCUT2D eigenvalue weighted by Crippen LogP contribution is 2.35. The molecule has 2 aromatic carbocycles. The second kappa shape index (κ2) is 8.09. The lowest BCUT2D eigenvalue weighted by molar-refractivity contribution is 0.172. The van der Waals surface area contributed by atoms with Crippen molar-refractivity contribution < 1.29 is 14.2 Å². The first-order valence-corrected chi connectivity index (χ1v) is 11.0. The van der Waals surface area contributed by atoms with Crippen LogP contribution in [0.3, 0.4) is 0 Å². The zero-order chi connectivity index (χ0) is 22.3. The summed E-state index contributed by atoms with van der Waals surface area (Å²) in [5.74, 6) is 0.685. The first-order valence-electron chi connectivity index (χ1n) is 11.0. The first kappa shape index (κ1) is 20.8. The Kier molecular flexibility index (Phi) is 5.25. The normalized spacial score (nSPS) is 21.1. The number of nitrogens with two attached hydrogens (primary N) is 1.